The normalized spacial score (nSPS) is 26.9. The van der Waals surface area contributed by atoms with Crippen molar-refractivity contribution in [2.45, 2.75) is 24.9 Å². The summed E-state index contributed by atoms with van der Waals surface area (Å²) in [7, 11) is 1.50. The number of aliphatic hydroxyl groups is 2. The molecule has 1 fully saturated rings. The minimum Gasteiger partial charge on any atom is -0.448 e. The number of aromatic nitrogens is 1. The second-order valence-corrected chi connectivity index (χ2v) is 4.09. The van der Waals surface area contributed by atoms with Crippen LogP contribution >= 0.6 is 0 Å². The van der Waals surface area contributed by atoms with Crippen molar-refractivity contribution < 1.29 is 24.3 Å². The van der Waals surface area contributed by atoms with E-state index in [4.69, 9.17) is 19.8 Å². The van der Waals surface area contributed by atoms with Crippen LogP contribution in [0.25, 0.3) is 0 Å². The van der Waals surface area contributed by atoms with E-state index in [9.17, 15) is 5.11 Å². The number of nitrogens with zero attached hydrogens (tertiary/aromatic N) is 2. The highest BCUT2D eigenvalue weighted by Gasteiger charge is 2.40. The van der Waals surface area contributed by atoms with E-state index in [1.165, 1.54) is 7.11 Å². The molecule has 0 bridgehead atoms. The summed E-state index contributed by atoms with van der Waals surface area (Å²) in [6.07, 6.45) is 0.364. The van der Waals surface area contributed by atoms with Gasteiger partial charge in [0.05, 0.1) is 43.9 Å². The fraction of sp³-hybridized carbons (Fsp3) is 0.500. The maximum absolute atomic E-state index is 9.69. The molecule has 1 aliphatic rings. The van der Waals surface area contributed by atoms with E-state index in [-0.39, 0.29) is 6.61 Å². The SMILES string of the molecule is COc1cc(C#N)cc[n+]1[C@H]1CC(O)[C@@H](CO)O1. The summed E-state index contributed by atoms with van der Waals surface area (Å²) in [4.78, 5) is 0. The molecule has 1 aromatic rings. The van der Waals surface area contributed by atoms with Crippen LogP contribution in [0.1, 0.15) is 18.2 Å². The largest absolute Gasteiger partial charge is 0.448 e. The highest BCUT2D eigenvalue weighted by atomic mass is 16.5. The van der Waals surface area contributed by atoms with Crippen LogP contribution in [-0.2, 0) is 4.74 Å². The molecule has 2 rings (SSSR count). The third-order valence-corrected chi connectivity index (χ3v) is 2.98. The summed E-state index contributed by atoms with van der Waals surface area (Å²) in [5.41, 5.74) is 0.486. The monoisotopic (exact) mass is 251 g/mol. The van der Waals surface area contributed by atoms with Gasteiger partial charge in [-0.25, -0.2) is 0 Å². The van der Waals surface area contributed by atoms with Gasteiger partial charge in [-0.2, -0.15) is 5.26 Å². The zero-order chi connectivity index (χ0) is 13.1. The van der Waals surface area contributed by atoms with Crippen LogP contribution in [0.5, 0.6) is 5.88 Å². The average molecular weight is 251 g/mol. The first-order valence-corrected chi connectivity index (χ1v) is 5.63. The molecule has 18 heavy (non-hydrogen) atoms. The summed E-state index contributed by atoms with van der Waals surface area (Å²) >= 11 is 0. The van der Waals surface area contributed by atoms with Crippen LogP contribution in [0.15, 0.2) is 18.3 Å². The lowest BCUT2D eigenvalue weighted by Gasteiger charge is -2.10. The molecular weight excluding hydrogens is 236 g/mol. The number of methoxy groups -OCH3 is 1. The lowest BCUT2D eigenvalue weighted by atomic mass is 10.2. The summed E-state index contributed by atoms with van der Waals surface area (Å²) in [6.45, 7) is -0.225. The van der Waals surface area contributed by atoms with E-state index in [0.29, 0.717) is 17.9 Å². The third kappa shape index (κ3) is 2.29. The standard InChI is InChI=1S/C12H15N2O4/c1-17-11-4-8(6-13)2-3-14(11)12-5-9(16)10(7-15)18-12/h2-4,9-10,12,15-16H,5,7H2,1H3/q+1/t9?,10-,12-/m1/s1. The number of hydrogen-bond donors (Lipinski definition) is 2. The van der Waals surface area contributed by atoms with Gasteiger partial charge < -0.3 is 19.7 Å². The van der Waals surface area contributed by atoms with Crippen molar-refractivity contribution in [2.75, 3.05) is 13.7 Å². The fourth-order valence-corrected chi connectivity index (χ4v) is 2.01. The molecule has 0 spiro atoms. The average Bonchev–Trinajstić information content (AvgIpc) is 2.79. The van der Waals surface area contributed by atoms with Crippen molar-refractivity contribution in [3.05, 3.63) is 23.9 Å². The van der Waals surface area contributed by atoms with Gasteiger partial charge in [0.15, 0.2) is 6.20 Å². The van der Waals surface area contributed by atoms with Gasteiger partial charge in [0.1, 0.15) is 6.10 Å². The van der Waals surface area contributed by atoms with Crippen molar-refractivity contribution in [3.63, 3.8) is 0 Å². The molecule has 0 aromatic carbocycles. The quantitative estimate of drug-likeness (QED) is 0.707. The Labute approximate surface area is 105 Å². The van der Waals surface area contributed by atoms with Crippen LogP contribution in [0.3, 0.4) is 0 Å². The second-order valence-electron chi connectivity index (χ2n) is 4.09. The first-order valence-electron chi connectivity index (χ1n) is 5.63. The zero-order valence-electron chi connectivity index (χ0n) is 9.98. The van der Waals surface area contributed by atoms with Gasteiger partial charge >= 0.3 is 5.88 Å². The van der Waals surface area contributed by atoms with Gasteiger partial charge in [-0.05, 0) is 0 Å². The predicted molar refractivity (Wildman–Crippen MR) is 59.5 cm³/mol. The van der Waals surface area contributed by atoms with Gasteiger partial charge in [-0.3, -0.25) is 0 Å². The molecule has 0 saturated carbocycles. The Morgan fingerprint density at radius 2 is 2.44 bits per heavy atom. The van der Waals surface area contributed by atoms with Gasteiger partial charge in [0.2, 0.25) is 0 Å². The molecule has 1 aliphatic heterocycles. The number of hydrogen-bond acceptors (Lipinski definition) is 5. The van der Waals surface area contributed by atoms with E-state index in [1.807, 2.05) is 6.07 Å². The van der Waals surface area contributed by atoms with Crippen molar-refractivity contribution >= 4 is 0 Å². The van der Waals surface area contributed by atoms with Gasteiger partial charge in [-0.15, -0.1) is 4.57 Å². The second kappa shape index (κ2) is 5.31. The van der Waals surface area contributed by atoms with Crippen LogP contribution in [0.4, 0.5) is 0 Å². The van der Waals surface area contributed by atoms with Crippen LogP contribution in [0.2, 0.25) is 0 Å². The first-order chi connectivity index (χ1) is 8.69. The first kappa shape index (κ1) is 12.8. The summed E-state index contributed by atoms with van der Waals surface area (Å²) < 4.78 is 12.4. The third-order valence-electron chi connectivity index (χ3n) is 2.98. The Morgan fingerprint density at radius 1 is 1.67 bits per heavy atom. The van der Waals surface area contributed by atoms with E-state index in [2.05, 4.69) is 0 Å². The van der Waals surface area contributed by atoms with Gasteiger partial charge in [-0.1, -0.05) is 0 Å². The Kier molecular flexibility index (Phi) is 3.77. The maximum Gasteiger partial charge on any atom is 0.371 e. The lowest BCUT2D eigenvalue weighted by Crippen LogP contribution is -2.40. The molecule has 1 saturated heterocycles. The minimum atomic E-state index is -0.701. The number of nitriles is 1. The Bertz CT molecular complexity index is 472. The minimum absolute atomic E-state index is 0.225. The van der Waals surface area contributed by atoms with Crippen molar-refractivity contribution in [1.29, 1.82) is 5.26 Å². The summed E-state index contributed by atoms with van der Waals surface area (Å²) in [5, 5.41) is 27.6. The highest BCUT2D eigenvalue weighted by molar-refractivity contribution is 5.28. The van der Waals surface area contributed by atoms with Gasteiger partial charge in [0, 0.05) is 6.07 Å². The predicted octanol–water partition coefficient (Wildman–Crippen LogP) is -0.505. The highest BCUT2D eigenvalue weighted by Crippen LogP contribution is 2.26. The molecule has 96 valence electrons. The summed E-state index contributed by atoms with van der Waals surface area (Å²) in [5.74, 6) is 0.477. The molecule has 2 N–H and O–H groups in total. The number of pyridine rings is 1. The topological polar surface area (TPSA) is 86.6 Å². The molecule has 1 aromatic heterocycles. The van der Waals surface area contributed by atoms with E-state index >= 15 is 0 Å². The molecule has 0 radical (unpaired) electrons. The molecule has 3 atom stereocenters. The van der Waals surface area contributed by atoms with Crippen LogP contribution in [0, 0.1) is 11.3 Å². The van der Waals surface area contributed by atoms with Crippen molar-refractivity contribution in [3.8, 4) is 11.9 Å². The summed E-state index contributed by atoms with van der Waals surface area (Å²) in [6, 6.07) is 5.27. The van der Waals surface area contributed by atoms with E-state index < -0.39 is 18.4 Å². The lowest BCUT2D eigenvalue weighted by molar-refractivity contribution is -0.762. The molecule has 0 amide bonds. The molecule has 2 heterocycles. The van der Waals surface area contributed by atoms with Crippen molar-refractivity contribution in [2.24, 2.45) is 0 Å². The van der Waals surface area contributed by atoms with E-state index in [1.54, 1.807) is 22.9 Å². The Morgan fingerprint density at radius 3 is 3.00 bits per heavy atom. The van der Waals surface area contributed by atoms with Crippen molar-refractivity contribution in [1.82, 2.24) is 0 Å². The van der Waals surface area contributed by atoms with E-state index in [0.717, 1.165) is 0 Å². The number of aliphatic hydroxyl groups excluding tert-OH is 2. The molecular formula is C12H15N2O4+. The maximum atomic E-state index is 9.69. The molecule has 1 unspecified atom stereocenters. The van der Waals surface area contributed by atoms with Gasteiger partial charge in [0.25, 0.3) is 6.23 Å². The van der Waals surface area contributed by atoms with Crippen LogP contribution in [-0.4, -0.2) is 36.1 Å². The Balaban J connectivity index is 2.27. The molecule has 6 heteroatoms. The fourth-order valence-electron chi connectivity index (χ4n) is 2.01. The molecule has 6 nitrogen and oxygen atoms in total. The smallest absolute Gasteiger partial charge is 0.371 e. The van der Waals surface area contributed by atoms with Crippen LogP contribution < -0.4 is 9.30 Å². The Hall–Kier alpha value is -1.68. The number of ether oxygens (including phenoxy) is 2. The number of rotatable bonds is 3. The zero-order valence-corrected chi connectivity index (χ0v) is 9.98. The molecule has 0 aliphatic carbocycles.